The van der Waals surface area contributed by atoms with Gasteiger partial charge >= 0.3 is 0 Å². The molecule has 3 nitrogen and oxygen atoms in total. The first-order valence-electron chi connectivity index (χ1n) is 4.75. The molecular formula is C12H12N2O. The third-order valence-corrected chi connectivity index (χ3v) is 2.40. The zero-order valence-corrected chi connectivity index (χ0v) is 8.47. The summed E-state index contributed by atoms with van der Waals surface area (Å²) in [4.78, 5) is 15.2. The molecule has 0 amide bonds. The molecule has 0 saturated carbocycles. The molecule has 0 aliphatic rings. The van der Waals surface area contributed by atoms with E-state index in [2.05, 4.69) is 4.98 Å². The molecule has 0 fully saturated rings. The van der Waals surface area contributed by atoms with Gasteiger partial charge in [-0.25, -0.2) is 0 Å². The average molecular weight is 200 g/mol. The molecule has 1 aromatic heterocycles. The van der Waals surface area contributed by atoms with Crippen molar-refractivity contribution >= 4 is 17.2 Å². The minimum Gasteiger partial charge on any atom is -0.314 e. The molecule has 2 aromatic rings. The fourth-order valence-electron chi connectivity index (χ4n) is 1.43. The summed E-state index contributed by atoms with van der Waals surface area (Å²) in [7, 11) is 0. The highest BCUT2D eigenvalue weighted by molar-refractivity contribution is 5.79. The Morgan fingerprint density at radius 2 is 2.00 bits per heavy atom. The molecule has 2 N–H and O–H groups in total. The van der Waals surface area contributed by atoms with E-state index in [0.717, 1.165) is 10.9 Å². The summed E-state index contributed by atoms with van der Waals surface area (Å²) in [6, 6.07) is 11.4. The Kier molecular flexibility index (Phi) is 2.25. The van der Waals surface area contributed by atoms with Gasteiger partial charge in [0.1, 0.15) is 11.8 Å². The number of fused-ring (bicyclic) bond motifs is 1. The molecule has 76 valence electrons. The van der Waals surface area contributed by atoms with Crippen LogP contribution in [0.5, 0.6) is 0 Å². The van der Waals surface area contributed by atoms with E-state index in [1.807, 2.05) is 30.3 Å². The third-order valence-electron chi connectivity index (χ3n) is 2.40. The number of carbonyl (C=O) groups excluding carboxylic acids is 1. The summed E-state index contributed by atoms with van der Waals surface area (Å²) in [5.41, 5.74) is 6.24. The minimum atomic E-state index is -1.01. The first-order chi connectivity index (χ1) is 7.13. The van der Waals surface area contributed by atoms with Crippen molar-refractivity contribution in [3.05, 3.63) is 42.1 Å². The molecule has 0 aliphatic heterocycles. The predicted octanol–water partition coefficient (Wildman–Crippen LogP) is 1.61. The van der Waals surface area contributed by atoms with E-state index in [9.17, 15) is 4.79 Å². The minimum absolute atomic E-state index is 0.594. The molecule has 0 bridgehead atoms. The lowest BCUT2D eigenvalue weighted by atomic mass is 10.00. The highest BCUT2D eigenvalue weighted by Crippen LogP contribution is 2.17. The first-order valence-corrected chi connectivity index (χ1v) is 4.75. The smallest absolute Gasteiger partial charge is 0.145 e. The number of aromatic nitrogens is 1. The molecular weight excluding hydrogens is 188 g/mol. The van der Waals surface area contributed by atoms with Crippen molar-refractivity contribution in [2.45, 2.75) is 12.5 Å². The van der Waals surface area contributed by atoms with Gasteiger partial charge in [-0.05, 0) is 19.1 Å². The highest BCUT2D eigenvalue weighted by atomic mass is 16.1. The Morgan fingerprint density at radius 1 is 1.27 bits per heavy atom. The summed E-state index contributed by atoms with van der Waals surface area (Å²) in [5, 5.41) is 1.04. The van der Waals surface area contributed by atoms with Crippen LogP contribution in [0.25, 0.3) is 10.9 Å². The van der Waals surface area contributed by atoms with Crippen molar-refractivity contribution in [1.82, 2.24) is 4.98 Å². The van der Waals surface area contributed by atoms with Crippen LogP contribution in [-0.4, -0.2) is 11.3 Å². The quantitative estimate of drug-likeness (QED) is 0.749. The molecule has 0 unspecified atom stereocenters. The van der Waals surface area contributed by atoms with Crippen LogP contribution >= 0.6 is 0 Å². The van der Waals surface area contributed by atoms with E-state index in [4.69, 9.17) is 5.73 Å². The van der Waals surface area contributed by atoms with Crippen LogP contribution in [0.1, 0.15) is 12.6 Å². The second-order valence-corrected chi connectivity index (χ2v) is 3.79. The van der Waals surface area contributed by atoms with Gasteiger partial charge in [0.15, 0.2) is 0 Å². The number of nitrogens with zero attached hydrogens (tertiary/aromatic N) is 1. The number of hydrogen-bond acceptors (Lipinski definition) is 3. The molecule has 0 radical (unpaired) electrons. The van der Waals surface area contributed by atoms with Crippen molar-refractivity contribution in [2.75, 3.05) is 0 Å². The summed E-state index contributed by atoms with van der Waals surface area (Å²) in [5.74, 6) is 0. The number of pyridine rings is 1. The van der Waals surface area contributed by atoms with Crippen LogP contribution in [0.3, 0.4) is 0 Å². The molecule has 1 atom stereocenters. The lowest BCUT2D eigenvalue weighted by Gasteiger charge is -2.16. The number of hydrogen-bond donors (Lipinski definition) is 1. The summed E-state index contributed by atoms with van der Waals surface area (Å²) in [6.45, 7) is 1.65. The van der Waals surface area contributed by atoms with E-state index in [1.54, 1.807) is 13.0 Å². The monoisotopic (exact) mass is 200 g/mol. The Hall–Kier alpha value is -1.74. The van der Waals surface area contributed by atoms with Gasteiger partial charge in [-0.1, -0.05) is 24.3 Å². The number of benzene rings is 1. The van der Waals surface area contributed by atoms with Gasteiger partial charge in [0, 0.05) is 5.39 Å². The Bertz CT molecular complexity index is 506. The van der Waals surface area contributed by atoms with Gasteiger partial charge in [-0.2, -0.15) is 0 Å². The number of aldehydes is 1. The number of rotatable bonds is 2. The maximum absolute atomic E-state index is 10.8. The third kappa shape index (κ3) is 1.74. The lowest BCUT2D eigenvalue weighted by molar-refractivity contribution is -0.112. The van der Waals surface area contributed by atoms with E-state index >= 15 is 0 Å². The largest absolute Gasteiger partial charge is 0.314 e. The standard InChI is InChI=1S/C12H12N2O/c1-12(13,8-15)11-7-6-9-4-2-3-5-10(9)14-11/h2-8H,13H2,1H3/t12-/m0/s1. The van der Waals surface area contributed by atoms with Gasteiger partial charge < -0.3 is 10.5 Å². The van der Waals surface area contributed by atoms with Crippen molar-refractivity contribution in [2.24, 2.45) is 5.73 Å². The van der Waals surface area contributed by atoms with Crippen LogP contribution in [0.4, 0.5) is 0 Å². The van der Waals surface area contributed by atoms with Gasteiger partial charge in [0.25, 0.3) is 0 Å². The molecule has 15 heavy (non-hydrogen) atoms. The summed E-state index contributed by atoms with van der Waals surface area (Å²) in [6.07, 6.45) is 0.712. The number of nitrogens with two attached hydrogens (primary N) is 1. The zero-order valence-electron chi connectivity index (χ0n) is 8.47. The average Bonchev–Trinajstić information content (AvgIpc) is 2.28. The normalized spacial score (nSPS) is 14.8. The molecule has 1 heterocycles. The Labute approximate surface area is 87.9 Å². The van der Waals surface area contributed by atoms with Crippen LogP contribution in [0.2, 0.25) is 0 Å². The van der Waals surface area contributed by atoms with Crippen molar-refractivity contribution < 1.29 is 4.79 Å². The van der Waals surface area contributed by atoms with Crippen LogP contribution in [0, 0.1) is 0 Å². The second-order valence-electron chi connectivity index (χ2n) is 3.79. The van der Waals surface area contributed by atoms with Crippen molar-refractivity contribution in [3.63, 3.8) is 0 Å². The summed E-state index contributed by atoms with van der Waals surface area (Å²) < 4.78 is 0. The predicted molar refractivity (Wildman–Crippen MR) is 59.3 cm³/mol. The van der Waals surface area contributed by atoms with E-state index in [0.29, 0.717) is 12.0 Å². The SMILES string of the molecule is C[C@](N)(C=O)c1ccc2ccccc2n1. The van der Waals surface area contributed by atoms with Gasteiger partial charge in [-0.3, -0.25) is 4.98 Å². The van der Waals surface area contributed by atoms with Gasteiger partial charge in [0.05, 0.1) is 11.2 Å². The van der Waals surface area contributed by atoms with E-state index in [1.165, 1.54) is 0 Å². The van der Waals surface area contributed by atoms with Crippen LogP contribution in [0.15, 0.2) is 36.4 Å². The number of para-hydroxylation sites is 1. The fraction of sp³-hybridized carbons (Fsp3) is 0.167. The molecule has 3 heteroatoms. The highest BCUT2D eigenvalue weighted by Gasteiger charge is 2.21. The molecule has 0 spiro atoms. The Morgan fingerprint density at radius 3 is 2.73 bits per heavy atom. The number of carbonyl (C=O) groups is 1. The van der Waals surface area contributed by atoms with E-state index < -0.39 is 5.54 Å². The molecule has 2 rings (SSSR count). The topological polar surface area (TPSA) is 56.0 Å². The van der Waals surface area contributed by atoms with Crippen molar-refractivity contribution in [3.8, 4) is 0 Å². The second kappa shape index (κ2) is 3.44. The Balaban J connectivity index is 2.61. The lowest BCUT2D eigenvalue weighted by Crippen LogP contribution is -2.35. The van der Waals surface area contributed by atoms with Crippen LogP contribution in [-0.2, 0) is 10.3 Å². The van der Waals surface area contributed by atoms with Gasteiger partial charge in [-0.15, -0.1) is 0 Å². The zero-order chi connectivity index (χ0) is 10.9. The van der Waals surface area contributed by atoms with Crippen molar-refractivity contribution in [1.29, 1.82) is 0 Å². The first kappa shape index (κ1) is 9.80. The fourth-order valence-corrected chi connectivity index (χ4v) is 1.43. The van der Waals surface area contributed by atoms with E-state index in [-0.39, 0.29) is 0 Å². The molecule has 1 aromatic carbocycles. The maximum Gasteiger partial charge on any atom is 0.145 e. The van der Waals surface area contributed by atoms with Crippen LogP contribution < -0.4 is 5.73 Å². The maximum atomic E-state index is 10.8. The van der Waals surface area contributed by atoms with Gasteiger partial charge in [0.2, 0.25) is 0 Å². The summed E-state index contributed by atoms with van der Waals surface area (Å²) >= 11 is 0. The molecule has 0 aliphatic carbocycles. The molecule has 0 saturated heterocycles.